The van der Waals surface area contributed by atoms with Crippen LogP contribution in [0.5, 0.6) is 0 Å². The summed E-state index contributed by atoms with van der Waals surface area (Å²) in [6, 6.07) is 0. The number of carbonyl (C=O) groups is 3. The van der Waals surface area contributed by atoms with E-state index in [2.05, 4.69) is 45.1 Å². The van der Waals surface area contributed by atoms with E-state index >= 15 is 0 Å². The predicted molar refractivity (Wildman–Crippen MR) is 247 cm³/mol. The highest BCUT2D eigenvalue weighted by atomic mass is 16.6. The molecular formula is C52H84O6. The average Bonchev–Trinajstić information content (AvgIpc) is 3.22. The number of hydrogen-bond donors (Lipinski definition) is 0. The molecule has 0 heterocycles. The summed E-state index contributed by atoms with van der Waals surface area (Å²) in [6.45, 7) is 6.27. The molecule has 0 saturated carbocycles. The first-order valence-electron chi connectivity index (χ1n) is 23.3. The van der Waals surface area contributed by atoms with Gasteiger partial charge in [-0.25, -0.2) is 0 Å². The van der Waals surface area contributed by atoms with Crippen molar-refractivity contribution in [2.75, 3.05) is 13.2 Å². The molecule has 0 fully saturated rings. The summed E-state index contributed by atoms with van der Waals surface area (Å²) in [6.07, 6.45) is 59.6. The summed E-state index contributed by atoms with van der Waals surface area (Å²) in [5.74, 6) is -0.994. The second-order valence-corrected chi connectivity index (χ2v) is 15.1. The second-order valence-electron chi connectivity index (χ2n) is 15.1. The fourth-order valence-corrected chi connectivity index (χ4v) is 6.05. The average molecular weight is 805 g/mol. The summed E-state index contributed by atoms with van der Waals surface area (Å²) in [7, 11) is 0. The van der Waals surface area contributed by atoms with Gasteiger partial charge in [-0.2, -0.15) is 0 Å². The van der Waals surface area contributed by atoms with Crippen molar-refractivity contribution in [1.29, 1.82) is 0 Å². The number of ether oxygens (including phenoxy) is 3. The van der Waals surface area contributed by atoms with E-state index in [0.717, 1.165) is 77.0 Å². The van der Waals surface area contributed by atoms with Gasteiger partial charge in [0.2, 0.25) is 0 Å². The molecule has 0 bridgehead atoms. The molecule has 0 amide bonds. The van der Waals surface area contributed by atoms with Crippen LogP contribution in [0.15, 0.2) is 97.2 Å². The van der Waals surface area contributed by atoms with E-state index in [0.29, 0.717) is 19.3 Å². The smallest absolute Gasteiger partial charge is 0.306 e. The number of rotatable bonds is 40. The minimum Gasteiger partial charge on any atom is -0.462 e. The first kappa shape index (κ1) is 54.3. The summed E-state index contributed by atoms with van der Waals surface area (Å²) in [4.78, 5) is 37.8. The van der Waals surface area contributed by atoms with Crippen LogP contribution in [-0.4, -0.2) is 37.2 Å². The molecule has 0 aliphatic rings. The molecule has 0 saturated heterocycles. The van der Waals surface area contributed by atoms with Crippen molar-refractivity contribution in [3.63, 3.8) is 0 Å². The van der Waals surface area contributed by atoms with Crippen molar-refractivity contribution in [3.05, 3.63) is 97.2 Å². The maximum atomic E-state index is 12.7. The number of allylic oxidation sites excluding steroid dienone is 16. The highest BCUT2D eigenvalue weighted by molar-refractivity contribution is 5.71. The first-order chi connectivity index (χ1) is 28.5. The third-order valence-electron chi connectivity index (χ3n) is 9.52. The molecule has 0 rings (SSSR count). The number of unbranched alkanes of at least 4 members (excludes halogenated alkanes) is 19. The van der Waals surface area contributed by atoms with Gasteiger partial charge in [-0.1, -0.05) is 214 Å². The lowest BCUT2D eigenvalue weighted by Crippen LogP contribution is -2.30. The van der Waals surface area contributed by atoms with Crippen LogP contribution in [0.1, 0.15) is 194 Å². The largest absolute Gasteiger partial charge is 0.462 e. The van der Waals surface area contributed by atoms with Crippen LogP contribution < -0.4 is 0 Å². The van der Waals surface area contributed by atoms with Gasteiger partial charge in [0.1, 0.15) is 13.2 Å². The molecule has 328 valence electrons. The second kappa shape index (κ2) is 46.0. The van der Waals surface area contributed by atoms with Crippen LogP contribution in [0.2, 0.25) is 0 Å². The molecule has 6 heteroatoms. The number of carbonyl (C=O) groups excluding carboxylic acids is 3. The van der Waals surface area contributed by atoms with Crippen LogP contribution >= 0.6 is 0 Å². The Balaban J connectivity index is 4.51. The molecule has 0 aliphatic carbocycles. The van der Waals surface area contributed by atoms with Gasteiger partial charge in [-0.15, -0.1) is 0 Å². The van der Waals surface area contributed by atoms with E-state index in [9.17, 15) is 14.4 Å². The summed E-state index contributed by atoms with van der Waals surface area (Å²) in [5.41, 5.74) is 0. The van der Waals surface area contributed by atoms with Crippen molar-refractivity contribution in [3.8, 4) is 0 Å². The minimum absolute atomic E-state index is 0.106. The Bertz CT molecular complexity index is 1200. The van der Waals surface area contributed by atoms with Crippen LogP contribution in [0, 0.1) is 0 Å². The van der Waals surface area contributed by atoms with Gasteiger partial charge in [-0.05, 0) is 57.8 Å². The van der Waals surface area contributed by atoms with Crippen molar-refractivity contribution in [2.24, 2.45) is 0 Å². The van der Waals surface area contributed by atoms with Crippen molar-refractivity contribution in [1.82, 2.24) is 0 Å². The van der Waals surface area contributed by atoms with E-state index < -0.39 is 6.10 Å². The summed E-state index contributed by atoms with van der Waals surface area (Å²) >= 11 is 0. The fraction of sp³-hybridized carbons (Fsp3) is 0.635. The highest BCUT2D eigenvalue weighted by Gasteiger charge is 2.19. The first-order valence-corrected chi connectivity index (χ1v) is 23.3. The molecular weight excluding hydrogens is 721 g/mol. The molecule has 0 aromatic carbocycles. The molecule has 0 spiro atoms. The van der Waals surface area contributed by atoms with Gasteiger partial charge in [0, 0.05) is 19.3 Å². The molecule has 6 nitrogen and oxygen atoms in total. The van der Waals surface area contributed by atoms with Gasteiger partial charge in [0.05, 0.1) is 0 Å². The van der Waals surface area contributed by atoms with E-state index in [1.165, 1.54) is 70.6 Å². The zero-order valence-corrected chi connectivity index (χ0v) is 37.3. The van der Waals surface area contributed by atoms with Crippen molar-refractivity contribution >= 4 is 17.9 Å². The van der Waals surface area contributed by atoms with Gasteiger partial charge in [0.25, 0.3) is 0 Å². The standard InChI is InChI=1S/C52H84O6/c1-4-7-10-13-16-19-22-25-28-30-33-36-39-42-45-51(54)57-48-49(58-52(55)46-43-40-37-34-31-27-24-21-18-15-12-9-6-3)47-56-50(53)44-41-38-35-32-29-26-23-20-17-14-11-8-5-2/h8-9,11-12,14-15,17-18,20-21,23-24,26-27,29,31,49H,4-7,10,13,16,19,22,25,28,30,32-48H2,1-3H3/b11-8-,12-9-,17-14-,18-15-,23-20-,24-21-,29-26-,31-27-. The molecule has 0 aliphatic heterocycles. The Hall–Kier alpha value is -3.67. The molecule has 58 heavy (non-hydrogen) atoms. The van der Waals surface area contributed by atoms with E-state index in [1.807, 2.05) is 72.9 Å². The van der Waals surface area contributed by atoms with Gasteiger partial charge in [-0.3, -0.25) is 14.4 Å². The zero-order valence-electron chi connectivity index (χ0n) is 37.3. The molecule has 0 radical (unpaired) electrons. The zero-order chi connectivity index (χ0) is 42.3. The number of hydrogen-bond acceptors (Lipinski definition) is 6. The topological polar surface area (TPSA) is 78.9 Å². The fourth-order valence-electron chi connectivity index (χ4n) is 6.05. The third kappa shape index (κ3) is 43.5. The molecule has 1 atom stereocenters. The van der Waals surface area contributed by atoms with Gasteiger partial charge in [0.15, 0.2) is 6.10 Å². The third-order valence-corrected chi connectivity index (χ3v) is 9.52. The monoisotopic (exact) mass is 805 g/mol. The Labute approximate surface area is 356 Å². The molecule has 1 unspecified atom stereocenters. The lowest BCUT2D eigenvalue weighted by Gasteiger charge is -2.18. The quantitative estimate of drug-likeness (QED) is 0.0266. The molecule has 0 aromatic rings. The Kier molecular flexibility index (Phi) is 43.1. The van der Waals surface area contributed by atoms with Gasteiger partial charge < -0.3 is 14.2 Å². The van der Waals surface area contributed by atoms with E-state index in [1.54, 1.807) is 0 Å². The van der Waals surface area contributed by atoms with Crippen LogP contribution in [0.3, 0.4) is 0 Å². The predicted octanol–water partition coefficient (Wildman–Crippen LogP) is 15.0. The highest BCUT2D eigenvalue weighted by Crippen LogP contribution is 2.14. The maximum absolute atomic E-state index is 12.7. The summed E-state index contributed by atoms with van der Waals surface area (Å²) < 4.78 is 16.7. The van der Waals surface area contributed by atoms with Crippen LogP contribution in [-0.2, 0) is 28.6 Å². The van der Waals surface area contributed by atoms with Crippen LogP contribution in [0.4, 0.5) is 0 Å². The normalized spacial score (nSPS) is 12.9. The SMILES string of the molecule is CC\C=C/C=C\C=C/C=C\CCCCCC(=O)OCC(COC(=O)CCCCCCCCCCCCCCCC)OC(=O)CCCCC\C=C/C=C\C=C/C=C\CC. The van der Waals surface area contributed by atoms with E-state index in [4.69, 9.17) is 14.2 Å². The van der Waals surface area contributed by atoms with E-state index in [-0.39, 0.29) is 37.5 Å². The Morgan fingerprint density at radius 1 is 0.362 bits per heavy atom. The lowest BCUT2D eigenvalue weighted by molar-refractivity contribution is -0.167. The number of esters is 3. The summed E-state index contributed by atoms with van der Waals surface area (Å²) in [5, 5.41) is 0. The molecule has 0 aromatic heterocycles. The lowest BCUT2D eigenvalue weighted by atomic mass is 10.0. The maximum Gasteiger partial charge on any atom is 0.306 e. The van der Waals surface area contributed by atoms with Crippen LogP contribution in [0.25, 0.3) is 0 Å². The Morgan fingerprint density at radius 3 is 1.05 bits per heavy atom. The minimum atomic E-state index is -0.811. The van der Waals surface area contributed by atoms with Crippen molar-refractivity contribution in [2.45, 2.75) is 200 Å². The molecule has 0 N–H and O–H groups in total. The van der Waals surface area contributed by atoms with Gasteiger partial charge >= 0.3 is 17.9 Å². The van der Waals surface area contributed by atoms with Crippen molar-refractivity contribution < 1.29 is 28.6 Å². The Morgan fingerprint density at radius 2 is 0.672 bits per heavy atom.